The predicted molar refractivity (Wildman–Crippen MR) is 70.5 cm³/mol. The second-order valence-electron chi connectivity index (χ2n) is 3.95. The molecular weight excluding hydrogens is 244 g/mol. The summed E-state index contributed by atoms with van der Waals surface area (Å²) in [6.45, 7) is 0.167. The van der Waals surface area contributed by atoms with Gasteiger partial charge in [-0.1, -0.05) is 12.1 Å². The van der Waals surface area contributed by atoms with E-state index < -0.39 is 0 Å². The number of benzene rings is 2. The van der Waals surface area contributed by atoms with Gasteiger partial charge < -0.3 is 14.6 Å². The van der Waals surface area contributed by atoms with Gasteiger partial charge >= 0.3 is 0 Å². The Hall–Kier alpha value is -2.33. The summed E-state index contributed by atoms with van der Waals surface area (Å²) in [7, 11) is 1.54. The average molecular weight is 258 g/mol. The maximum Gasteiger partial charge on any atom is 0.193 e. The quantitative estimate of drug-likeness (QED) is 0.661. The molecule has 0 radical (unpaired) electrons. The minimum atomic E-state index is -0.144. The number of phenolic OH excluding ortho intramolecular Hbond substituents is 1. The van der Waals surface area contributed by atoms with Gasteiger partial charge in [0.2, 0.25) is 0 Å². The van der Waals surface area contributed by atoms with Crippen molar-refractivity contribution >= 4 is 5.78 Å². The maximum absolute atomic E-state index is 12.1. The monoisotopic (exact) mass is 258 g/mol. The molecule has 0 aliphatic heterocycles. The van der Waals surface area contributed by atoms with Crippen molar-refractivity contribution in [3.05, 3.63) is 59.7 Å². The van der Waals surface area contributed by atoms with E-state index in [4.69, 9.17) is 9.47 Å². The van der Waals surface area contributed by atoms with Crippen molar-refractivity contribution in [2.45, 2.75) is 0 Å². The van der Waals surface area contributed by atoms with Gasteiger partial charge in [0.15, 0.2) is 12.6 Å². The lowest BCUT2D eigenvalue weighted by Gasteiger charge is -2.06. The Bertz CT molecular complexity index is 561. The van der Waals surface area contributed by atoms with E-state index >= 15 is 0 Å². The molecule has 4 nitrogen and oxygen atoms in total. The van der Waals surface area contributed by atoms with Crippen LogP contribution in [0.5, 0.6) is 11.5 Å². The van der Waals surface area contributed by atoms with Crippen molar-refractivity contribution in [3.8, 4) is 11.5 Å². The van der Waals surface area contributed by atoms with Crippen LogP contribution in [0.15, 0.2) is 48.5 Å². The molecular formula is C15H14O4. The standard InChI is InChI=1S/C15H14O4/c1-18-10-19-14-7-5-11(6-8-14)15(17)12-3-2-4-13(16)9-12/h2-9,16H,10H2,1H3. The second kappa shape index (κ2) is 6.02. The van der Waals surface area contributed by atoms with E-state index in [0.29, 0.717) is 16.9 Å². The first-order valence-corrected chi connectivity index (χ1v) is 5.76. The number of hydrogen-bond acceptors (Lipinski definition) is 4. The topological polar surface area (TPSA) is 55.8 Å². The molecule has 2 aromatic carbocycles. The normalized spacial score (nSPS) is 10.2. The molecule has 0 aliphatic rings. The number of rotatable bonds is 5. The minimum absolute atomic E-state index is 0.0749. The number of aromatic hydroxyl groups is 1. The molecule has 0 unspecified atom stereocenters. The molecule has 0 atom stereocenters. The van der Waals surface area contributed by atoms with Crippen LogP contribution in [0.25, 0.3) is 0 Å². The molecule has 0 aliphatic carbocycles. The van der Waals surface area contributed by atoms with E-state index in [9.17, 15) is 9.90 Å². The van der Waals surface area contributed by atoms with Gasteiger partial charge in [-0.15, -0.1) is 0 Å². The number of ether oxygens (including phenoxy) is 2. The Labute approximate surface area is 111 Å². The first-order valence-electron chi connectivity index (χ1n) is 5.76. The maximum atomic E-state index is 12.1. The molecule has 2 rings (SSSR count). The van der Waals surface area contributed by atoms with Crippen molar-refractivity contribution in [3.63, 3.8) is 0 Å². The Morgan fingerprint density at radius 2 is 1.84 bits per heavy atom. The third kappa shape index (κ3) is 3.33. The summed E-state index contributed by atoms with van der Waals surface area (Å²) in [5.74, 6) is 0.564. The zero-order valence-corrected chi connectivity index (χ0v) is 10.5. The van der Waals surface area contributed by atoms with Gasteiger partial charge in [-0.25, -0.2) is 0 Å². The highest BCUT2D eigenvalue weighted by Gasteiger charge is 2.09. The molecule has 0 spiro atoms. The van der Waals surface area contributed by atoms with Gasteiger partial charge in [0, 0.05) is 18.2 Å². The highest BCUT2D eigenvalue weighted by Crippen LogP contribution is 2.18. The van der Waals surface area contributed by atoms with Crippen molar-refractivity contribution in [1.82, 2.24) is 0 Å². The summed E-state index contributed by atoms with van der Waals surface area (Å²) in [5, 5.41) is 9.36. The highest BCUT2D eigenvalue weighted by atomic mass is 16.7. The van der Waals surface area contributed by atoms with Crippen molar-refractivity contribution in [2.24, 2.45) is 0 Å². The van der Waals surface area contributed by atoms with E-state index in [1.807, 2.05) is 0 Å². The first-order chi connectivity index (χ1) is 9.20. The number of hydrogen-bond donors (Lipinski definition) is 1. The number of carbonyl (C=O) groups is 1. The van der Waals surface area contributed by atoms with Crippen LogP contribution in [0.2, 0.25) is 0 Å². The Kier molecular flexibility index (Phi) is 4.15. The van der Waals surface area contributed by atoms with Crippen LogP contribution >= 0.6 is 0 Å². The smallest absolute Gasteiger partial charge is 0.193 e. The van der Waals surface area contributed by atoms with Gasteiger partial charge in [0.1, 0.15) is 11.5 Å². The molecule has 0 saturated carbocycles. The van der Waals surface area contributed by atoms with E-state index in [2.05, 4.69) is 0 Å². The molecule has 0 amide bonds. The third-order valence-corrected chi connectivity index (χ3v) is 2.57. The van der Waals surface area contributed by atoms with Crippen LogP contribution in [-0.2, 0) is 4.74 Å². The predicted octanol–water partition coefficient (Wildman–Crippen LogP) is 2.61. The van der Waals surface area contributed by atoms with Crippen LogP contribution in [0, 0.1) is 0 Å². The molecule has 0 saturated heterocycles. The molecule has 2 aromatic rings. The molecule has 19 heavy (non-hydrogen) atoms. The Balaban J connectivity index is 2.15. The molecule has 98 valence electrons. The zero-order valence-electron chi connectivity index (χ0n) is 10.5. The van der Waals surface area contributed by atoms with Crippen LogP contribution in [0.3, 0.4) is 0 Å². The van der Waals surface area contributed by atoms with Gasteiger partial charge in [-0.3, -0.25) is 4.79 Å². The summed E-state index contributed by atoms with van der Waals surface area (Å²) in [4.78, 5) is 12.1. The summed E-state index contributed by atoms with van der Waals surface area (Å²) >= 11 is 0. The lowest BCUT2D eigenvalue weighted by molar-refractivity contribution is 0.0511. The van der Waals surface area contributed by atoms with E-state index in [0.717, 1.165) is 0 Å². The van der Waals surface area contributed by atoms with Crippen LogP contribution in [0.1, 0.15) is 15.9 Å². The van der Waals surface area contributed by atoms with E-state index in [1.54, 1.807) is 43.5 Å². The number of ketones is 1. The summed E-state index contributed by atoms with van der Waals surface area (Å²) in [5.41, 5.74) is 0.987. The first kappa shape index (κ1) is 13.1. The molecule has 0 aromatic heterocycles. The van der Waals surface area contributed by atoms with E-state index in [-0.39, 0.29) is 18.3 Å². The third-order valence-electron chi connectivity index (χ3n) is 2.57. The highest BCUT2D eigenvalue weighted by molar-refractivity contribution is 6.09. The fraction of sp³-hybridized carbons (Fsp3) is 0.133. The van der Waals surface area contributed by atoms with Crippen LogP contribution in [-0.4, -0.2) is 24.8 Å². The Morgan fingerprint density at radius 1 is 1.11 bits per heavy atom. The fourth-order valence-corrected chi connectivity index (χ4v) is 1.64. The second-order valence-corrected chi connectivity index (χ2v) is 3.95. The zero-order chi connectivity index (χ0) is 13.7. The Morgan fingerprint density at radius 3 is 2.47 bits per heavy atom. The number of carbonyl (C=O) groups excluding carboxylic acids is 1. The van der Waals surface area contributed by atoms with Gasteiger partial charge in [0.05, 0.1) is 0 Å². The van der Waals surface area contributed by atoms with Gasteiger partial charge in [0.25, 0.3) is 0 Å². The lowest BCUT2D eigenvalue weighted by atomic mass is 10.0. The SMILES string of the molecule is COCOc1ccc(C(=O)c2cccc(O)c2)cc1. The summed E-state index contributed by atoms with van der Waals surface area (Å²) in [6, 6.07) is 13.0. The molecule has 0 bridgehead atoms. The van der Waals surface area contributed by atoms with Crippen molar-refractivity contribution in [1.29, 1.82) is 0 Å². The fourth-order valence-electron chi connectivity index (χ4n) is 1.64. The molecule has 1 N–H and O–H groups in total. The van der Waals surface area contributed by atoms with Gasteiger partial charge in [-0.2, -0.15) is 0 Å². The van der Waals surface area contributed by atoms with Crippen LogP contribution in [0.4, 0.5) is 0 Å². The molecule has 0 fully saturated rings. The molecule has 0 heterocycles. The summed E-state index contributed by atoms with van der Waals surface area (Å²) in [6.07, 6.45) is 0. The van der Waals surface area contributed by atoms with Crippen molar-refractivity contribution in [2.75, 3.05) is 13.9 Å². The lowest BCUT2D eigenvalue weighted by Crippen LogP contribution is -2.02. The molecule has 4 heteroatoms. The largest absolute Gasteiger partial charge is 0.508 e. The summed E-state index contributed by atoms with van der Waals surface area (Å²) < 4.78 is 10.0. The number of phenols is 1. The van der Waals surface area contributed by atoms with Crippen molar-refractivity contribution < 1.29 is 19.4 Å². The minimum Gasteiger partial charge on any atom is -0.508 e. The average Bonchev–Trinajstić information content (AvgIpc) is 2.45. The number of methoxy groups -OCH3 is 1. The van der Waals surface area contributed by atoms with Gasteiger partial charge in [-0.05, 0) is 36.4 Å². The van der Waals surface area contributed by atoms with Crippen LogP contribution < -0.4 is 4.74 Å². The van der Waals surface area contributed by atoms with E-state index in [1.165, 1.54) is 12.1 Å².